The van der Waals surface area contributed by atoms with Gasteiger partial charge in [0.15, 0.2) is 0 Å². The minimum atomic E-state index is -0.859. The number of hydrogen-bond donors (Lipinski definition) is 1. The highest BCUT2D eigenvalue weighted by Gasteiger charge is 2.47. The lowest BCUT2D eigenvalue weighted by Crippen LogP contribution is -2.29. The maximum atomic E-state index is 13.4. The number of benzene rings is 2. The third-order valence-electron chi connectivity index (χ3n) is 5.97. The second-order valence-corrected chi connectivity index (χ2v) is 8.23. The summed E-state index contributed by atoms with van der Waals surface area (Å²) in [7, 11) is 2.92. The van der Waals surface area contributed by atoms with Crippen LogP contribution >= 0.6 is 0 Å². The summed E-state index contributed by atoms with van der Waals surface area (Å²) in [6.45, 7) is 4.16. The molecule has 1 aliphatic heterocycles. The van der Waals surface area contributed by atoms with Crippen LogP contribution in [-0.4, -0.2) is 36.0 Å². The van der Waals surface area contributed by atoms with Crippen molar-refractivity contribution in [3.05, 3.63) is 89.3 Å². The Bertz CT molecular complexity index is 1230. The number of aliphatic hydroxyl groups excluding tert-OH is 1. The monoisotopic (exact) mass is 458 g/mol. The molecule has 1 amide bonds. The molecule has 7 heteroatoms. The lowest BCUT2D eigenvalue weighted by molar-refractivity contribution is -0.132. The number of methoxy groups -OCH3 is 2. The van der Waals surface area contributed by atoms with E-state index in [4.69, 9.17) is 9.47 Å². The molecule has 34 heavy (non-hydrogen) atoms. The average molecular weight is 459 g/mol. The summed E-state index contributed by atoms with van der Waals surface area (Å²) in [6.07, 6.45) is 3.17. The predicted molar refractivity (Wildman–Crippen MR) is 129 cm³/mol. The van der Waals surface area contributed by atoms with Crippen LogP contribution in [0.1, 0.15) is 42.5 Å². The molecule has 1 aliphatic rings. The van der Waals surface area contributed by atoms with E-state index in [0.717, 1.165) is 5.56 Å². The zero-order valence-corrected chi connectivity index (χ0v) is 19.5. The molecule has 4 rings (SSSR count). The van der Waals surface area contributed by atoms with E-state index < -0.39 is 17.7 Å². The quantitative estimate of drug-likeness (QED) is 0.323. The molecule has 1 fully saturated rings. The van der Waals surface area contributed by atoms with E-state index in [1.54, 1.807) is 42.7 Å². The third-order valence-corrected chi connectivity index (χ3v) is 5.97. The van der Waals surface area contributed by atoms with Gasteiger partial charge in [-0.25, -0.2) is 0 Å². The Morgan fingerprint density at radius 2 is 1.53 bits per heavy atom. The number of ether oxygens (including phenoxy) is 2. The fourth-order valence-corrected chi connectivity index (χ4v) is 4.20. The molecule has 0 saturated carbocycles. The number of hydrogen-bond acceptors (Lipinski definition) is 6. The normalized spacial score (nSPS) is 17.3. The van der Waals surface area contributed by atoms with Gasteiger partial charge < -0.3 is 14.6 Å². The average Bonchev–Trinajstić information content (AvgIpc) is 3.13. The van der Waals surface area contributed by atoms with Gasteiger partial charge in [-0.3, -0.25) is 19.5 Å². The lowest BCUT2D eigenvalue weighted by Gasteiger charge is -2.26. The molecular formula is C27H26N2O5. The number of carbonyl (C=O) groups excluding carboxylic acids is 2. The van der Waals surface area contributed by atoms with Crippen molar-refractivity contribution >= 4 is 23.1 Å². The molecule has 2 aromatic carbocycles. The third kappa shape index (κ3) is 3.90. The molecule has 2 heterocycles. The van der Waals surface area contributed by atoms with Crippen LogP contribution in [0.3, 0.4) is 0 Å². The molecular weight excluding hydrogens is 432 g/mol. The topological polar surface area (TPSA) is 89.0 Å². The van der Waals surface area contributed by atoms with Gasteiger partial charge in [-0.15, -0.1) is 0 Å². The van der Waals surface area contributed by atoms with Crippen LogP contribution in [0.5, 0.6) is 11.5 Å². The molecule has 1 aromatic heterocycles. The molecule has 0 aliphatic carbocycles. The lowest BCUT2D eigenvalue weighted by atomic mass is 9.95. The van der Waals surface area contributed by atoms with Gasteiger partial charge in [0.25, 0.3) is 11.7 Å². The Morgan fingerprint density at radius 3 is 2.06 bits per heavy atom. The first kappa shape index (κ1) is 23.0. The van der Waals surface area contributed by atoms with Crippen LogP contribution in [0.15, 0.2) is 72.6 Å². The first-order valence-electron chi connectivity index (χ1n) is 10.9. The van der Waals surface area contributed by atoms with E-state index in [1.165, 1.54) is 19.1 Å². The fraction of sp³-hybridized carbons (Fsp3) is 0.222. The number of aromatic nitrogens is 1. The predicted octanol–water partition coefficient (Wildman–Crippen LogP) is 4.85. The Kier molecular flexibility index (Phi) is 6.36. The molecule has 0 spiro atoms. The van der Waals surface area contributed by atoms with Gasteiger partial charge in [-0.2, -0.15) is 0 Å². The molecule has 1 saturated heterocycles. The van der Waals surface area contributed by atoms with Crippen molar-refractivity contribution < 1.29 is 24.2 Å². The highest BCUT2D eigenvalue weighted by atomic mass is 16.5. The maximum Gasteiger partial charge on any atom is 0.300 e. The van der Waals surface area contributed by atoms with Gasteiger partial charge in [0.05, 0.1) is 25.8 Å². The van der Waals surface area contributed by atoms with Gasteiger partial charge in [-0.1, -0.05) is 32.0 Å². The van der Waals surface area contributed by atoms with Gasteiger partial charge >= 0.3 is 0 Å². The maximum absolute atomic E-state index is 13.4. The van der Waals surface area contributed by atoms with Crippen molar-refractivity contribution in [2.24, 2.45) is 0 Å². The van der Waals surface area contributed by atoms with Gasteiger partial charge in [-0.05, 0) is 53.4 Å². The second kappa shape index (κ2) is 9.39. The van der Waals surface area contributed by atoms with Gasteiger partial charge in [0.2, 0.25) is 0 Å². The number of anilines is 1. The standard InChI is InChI=1S/C27H26N2O5/c1-16(2)17-8-10-19(11-9-17)29-24(18-12-14-28-15-13-18)23(26(31)27(29)32)25(30)22-20(33-3)6-5-7-21(22)34-4/h5-16,24,30H,1-4H3/b25-23+. The van der Waals surface area contributed by atoms with E-state index in [1.807, 2.05) is 24.3 Å². The number of pyridine rings is 1. The SMILES string of the molecule is COc1cccc(OC)c1/C(O)=C1\C(=O)C(=O)N(c2ccc(C(C)C)cc2)C1c1ccncc1. The zero-order chi connectivity index (χ0) is 24.4. The summed E-state index contributed by atoms with van der Waals surface area (Å²) in [5.41, 5.74) is 2.46. The summed E-state index contributed by atoms with van der Waals surface area (Å²) in [4.78, 5) is 32.1. The molecule has 0 bridgehead atoms. The minimum absolute atomic E-state index is 0.0491. The van der Waals surface area contributed by atoms with Crippen molar-refractivity contribution in [2.75, 3.05) is 19.1 Å². The number of nitrogens with zero attached hydrogens (tertiary/aromatic N) is 2. The fourth-order valence-electron chi connectivity index (χ4n) is 4.20. The van der Waals surface area contributed by atoms with E-state index >= 15 is 0 Å². The number of amides is 1. The van der Waals surface area contributed by atoms with Crippen molar-refractivity contribution in [1.29, 1.82) is 0 Å². The summed E-state index contributed by atoms with van der Waals surface area (Å²) < 4.78 is 10.8. The highest BCUT2D eigenvalue weighted by molar-refractivity contribution is 6.51. The Morgan fingerprint density at radius 1 is 0.941 bits per heavy atom. The van der Waals surface area contributed by atoms with Crippen molar-refractivity contribution in [1.82, 2.24) is 4.98 Å². The number of ketones is 1. The van der Waals surface area contributed by atoms with Crippen LogP contribution in [0.25, 0.3) is 5.76 Å². The highest BCUT2D eigenvalue weighted by Crippen LogP contribution is 2.45. The molecule has 3 aromatic rings. The summed E-state index contributed by atoms with van der Waals surface area (Å²) >= 11 is 0. The van der Waals surface area contributed by atoms with Crippen LogP contribution in [0.4, 0.5) is 5.69 Å². The van der Waals surface area contributed by atoms with E-state index in [0.29, 0.717) is 28.7 Å². The molecule has 1 unspecified atom stereocenters. The van der Waals surface area contributed by atoms with Crippen LogP contribution in [0.2, 0.25) is 0 Å². The number of rotatable bonds is 6. The van der Waals surface area contributed by atoms with Crippen molar-refractivity contribution in [3.63, 3.8) is 0 Å². The van der Waals surface area contributed by atoms with E-state index in [9.17, 15) is 14.7 Å². The smallest absolute Gasteiger partial charge is 0.300 e. The van der Waals surface area contributed by atoms with Crippen LogP contribution in [-0.2, 0) is 9.59 Å². The summed E-state index contributed by atoms with van der Waals surface area (Å²) in [5, 5.41) is 11.4. The zero-order valence-electron chi connectivity index (χ0n) is 19.5. The summed E-state index contributed by atoms with van der Waals surface area (Å²) in [5.74, 6) is -0.931. The molecule has 0 radical (unpaired) electrons. The number of Topliss-reactive ketones (excluding diaryl/α,β-unsaturated/α-hetero) is 1. The minimum Gasteiger partial charge on any atom is -0.506 e. The Hall–Kier alpha value is -4.13. The van der Waals surface area contributed by atoms with E-state index in [2.05, 4.69) is 18.8 Å². The van der Waals surface area contributed by atoms with Crippen LogP contribution in [0, 0.1) is 0 Å². The van der Waals surface area contributed by atoms with Crippen molar-refractivity contribution in [2.45, 2.75) is 25.8 Å². The second-order valence-electron chi connectivity index (χ2n) is 8.23. The van der Waals surface area contributed by atoms with Gasteiger partial charge in [0, 0.05) is 18.1 Å². The molecule has 174 valence electrons. The first-order valence-corrected chi connectivity index (χ1v) is 10.9. The number of aliphatic hydroxyl groups is 1. The first-order chi connectivity index (χ1) is 16.4. The number of carbonyl (C=O) groups is 2. The van der Waals surface area contributed by atoms with Crippen LogP contribution < -0.4 is 14.4 Å². The molecule has 1 N–H and O–H groups in total. The Balaban J connectivity index is 1.96. The largest absolute Gasteiger partial charge is 0.506 e. The molecule has 1 atom stereocenters. The van der Waals surface area contributed by atoms with Crippen molar-refractivity contribution in [3.8, 4) is 11.5 Å². The Labute approximate surface area is 198 Å². The molecule has 7 nitrogen and oxygen atoms in total. The van der Waals surface area contributed by atoms with E-state index in [-0.39, 0.29) is 16.9 Å². The summed E-state index contributed by atoms with van der Waals surface area (Å²) in [6, 6.07) is 15.1. The van der Waals surface area contributed by atoms with Gasteiger partial charge in [0.1, 0.15) is 22.8 Å².